The first-order valence-corrected chi connectivity index (χ1v) is 9.46. The van der Waals surface area contributed by atoms with Crippen molar-refractivity contribution in [2.75, 3.05) is 18.9 Å². The third-order valence-corrected chi connectivity index (χ3v) is 5.92. The number of nitrogens with one attached hydrogen (secondary N) is 1. The van der Waals surface area contributed by atoms with Crippen LogP contribution in [-0.2, 0) is 10.0 Å². The van der Waals surface area contributed by atoms with E-state index < -0.39 is 10.0 Å². The highest BCUT2D eigenvalue weighted by molar-refractivity contribution is 9.10. The van der Waals surface area contributed by atoms with Gasteiger partial charge in [0.15, 0.2) is 0 Å². The number of nitrogens with zero attached hydrogens (tertiary/aromatic N) is 2. The van der Waals surface area contributed by atoms with Crippen LogP contribution in [0.2, 0.25) is 0 Å². The normalized spacial score (nSPS) is 13.4. The molecule has 1 atom stereocenters. The quantitative estimate of drug-likeness (QED) is 0.752. The molecule has 0 aliphatic heterocycles. The van der Waals surface area contributed by atoms with E-state index in [0.717, 1.165) is 19.3 Å². The van der Waals surface area contributed by atoms with Gasteiger partial charge in [0, 0.05) is 30.3 Å². The molecule has 0 aliphatic carbocycles. The zero-order valence-corrected chi connectivity index (χ0v) is 15.5. The molecule has 0 bridgehead atoms. The molecule has 0 spiro atoms. The maximum absolute atomic E-state index is 13.0. The van der Waals surface area contributed by atoms with Gasteiger partial charge >= 0.3 is 0 Å². The molecule has 0 aromatic carbocycles. The molecule has 0 amide bonds. The van der Waals surface area contributed by atoms with E-state index in [0.29, 0.717) is 16.8 Å². The number of sulfonamides is 1. The molecule has 0 aliphatic rings. The van der Waals surface area contributed by atoms with Gasteiger partial charge in [-0.15, -0.1) is 0 Å². The molecule has 1 unspecified atom stereocenters. The highest BCUT2D eigenvalue weighted by Gasteiger charge is 2.30. The molecule has 120 valence electrons. The van der Waals surface area contributed by atoms with Gasteiger partial charge in [-0.05, 0) is 41.8 Å². The summed E-state index contributed by atoms with van der Waals surface area (Å²) in [7, 11) is -1.90. The van der Waals surface area contributed by atoms with E-state index in [4.69, 9.17) is 0 Å². The number of anilines is 1. The van der Waals surface area contributed by atoms with Gasteiger partial charge in [-0.3, -0.25) is 0 Å². The summed E-state index contributed by atoms with van der Waals surface area (Å²) < 4.78 is 28.2. The Kier molecular flexibility index (Phi) is 7.09. The van der Waals surface area contributed by atoms with E-state index in [2.05, 4.69) is 33.2 Å². The van der Waals surface area contributed by atoms with Gasteiger partial charge < -0.3 is 5.32 Å². The van der Waals surface area contributed by atoms with Gasteiger partial charge in [-0.2, -0.15) is 4.31 Å². The lowest BCUT2D eigenvalue weighted by Crippen LogP contribution is -2.39. The number of hydrogen-bond acceptors (Lipinski definition) is 4. The second-order valence-corrected chi connectivity index (χ2v) is 7.75. The SMILES string of the molecule is CCCCN(C(C)CC)S(=O)(=O)c1cc(Br)cnc1NC. The van der Waals surface area contributed by atoms with Crippen molar-refractivity contribution in [3.8, 4) is 0 Å². The summed E-state index contributed by atoms with van der Waals surface area (Å²) in [5, 5.41) is 2.86. The van der Waals surface area contributed by atoms with Crippen LogP contribution in [0.1, 0.15) is 40.0 Å². The second kappa shape index (κ2) is 8.10. The molecule has 1 N–H and O–H groups in total. The lowest BCUT2D eigenvalue weighted by Gasteiger charge is -2.28. The number of hydrogen-bond donors (Lipinski definition) is 1. The number of unbranched alkanes of at least 4 members (excludes halogenated alkanes) is 1. The van der Waals surface area contributed by atoms with Crippen LogP contribution in [0, 0.1) is 0 Å². The Morgan fingerprint density at radius 1 is 1.43 bits per heavy atom. The molecule has 0 radical (unpaired) electrons. The Morgan fingerprint density at radius 3 is 2.62 bits per heavy atom. The molecule has 21 heavy (non-hydrogen) atoms. The van der Waals surface area contributed by atoms with Crippen molar-refractivity contribution in [2.24, 2.45) is 0 Å². The topological polar surface area (TPSA) is 62.3 Å². The summed E-state index contributed by atoms with van der Waals surface area (Å²) in [4.78, 5) is 4.37. The van der Waals surface area contributed by atoms with Crippen molar-refractivity contribution in [3.05, 3.63) is 16.7 Å². The van der Waals surface area contributed by atoms with E-state index in [-0.39, 0.29) is 10.9 Å². The highest BCUT2D eigenvalue weighted by Crippen LogP contribution is 2.27. The zero-order chi connectivity index (χ0) is 16.0. The summed E-state index contributed by atoms with van der Waals surface area (Å²) in [6.07, 6.45) is 4.17. The first-order valence-electron chi connectivity index (χ1n) is 7.23. The number of halogens is 1. The van der Waals surface area contributed by atoms with E-state index in [1.54, 1.807) is 23.6 Å². The minimum absolute atomic E-state index is 0.0368. The Morgan fingerprint density at radius 2 is 2.10 bits per heavy atom. The first kappa shape index (κ1) is 18.4. The molecule has 0 fully saturated rings. The molecule has 1 rings (SSSR count). The van der Waals surface area contributed by atoms with Gasteiger partial charge in [-0.25, -0.2) is 13.4 Å². The average molecular weight is 378 g/mol. The Bertz CT molecular complexity index is 563. The monoisotopic (exact) mass is 377 g/mol. The molecule has 7 heteroatoms. The molecule has 0 saturated carbocycles. The maximum atomic E-state index is 13.0. The van der Waals surface area contributed by atoms with Crippen LogP contribution in [0.4, 0.5) is 5.82 Å². The van der Waals surface area contributed by atoms with Crippen LogP contribution in [0.15, 0.2) is 21.6 Å². The van der Waals surface area contributed by atoms with Crippen LogP contribution in [0.5, 0.6) is 0 Å². The average Bonchev–Trinajstić information content (AvgIpc) is 2.47. The molecule has 1 heterocycles. The number of rotatable bonds is 8. The van der Waals surface area contributed by atoms with E-state index in [1.807, 2.05) is 13.8 Å². The number of aromatic nitrogens is 1. The van der Waals surface area contributed by atoms with Crippen molar-refractivity contribution >= 4 is 31.8 Å². The lowest BCUT2D eigenvalue weighted by atomic mass is 10.2. The summed E-state index contributed by atoms with van der Waals surface area (Å²) in [6.45, 7) is 6.53. The van der Waals surface area contributed by atoms with Crippen LogP contribution in [0.3, 0.4) is 0 Å². The fourth-order valence-electron chi connectivity index (χ4n) is 2.03. The van der Waals surface area contributed by atoms with Crippen molar-refractivity contribution < 1.29 is 8.42 Å². The molecular formula is C14H24BrN3O2S. The van der Waals surface area contributed by atoms with Crippen molar-refractivity contribution in [2.45, 2.75) is 51.0 Å². The predicted octanol–water partition coefficient (Wildman–Crippen LogP) is 3.48. The molecule has 0 saturated heterocycles. The Balaban J connectivity index is 3.31. The zero-order valence-electron chi connectivity index (χ0n) is 13.1. The van der Waals surface area contributed by atoms with Crippen LogP contribution < -0.4 is 5.32 Å². The molecular weight excluding hydrogens is 354 g/mol. The third kappa shape index (κ3) is 4.40. The van der Waals surface area contributed by atoms with Crippen LogP contribution in [0.25, 0.3) is 0 Å². The summed E-state index contributed by atoms with van der Waals surface area (Å²) in [6, 6.07) is 1.57. The lowest BCUT2D eigenvalue weighted by molar-refractivity contribution is 0.324. The predicted molar refractivity (Wildman–Crippen MR) is 90.0 cm³/mol. The highest BCUT2D eigenvalue weighted by atomic mass is 79.9. The van der Waals surface area contributed by atoms with Crippen molar-refractivity contribution in [1.29, 1.82) is 0 Å². The maximum Gasteiger partial charge on any atom is 0.247 e. The van der Waals surface area contributed by atoms with E-state index >= 15 is 0 Å². The third-order valence-electron chi connectivity index (χ3n) is 3.46. The second-order valence-electron chi connectivity index (χ2n) is 4.98. The summed E-state index contributed by atoms with van der Waals surface area (Å²) >= 11 is 3.30. The summed E-state index contributed by atoms with van der Waals surface area (Å²) in [5.74, 6) is 0.378. The fraction of sp³-hybridized carbons (Fsp3) is 0.643. The minimum Gasteiger partial charge on any atom is -0.372 e. The van der Waals surface area contributed by atoms with Gasteiger partial charge in [0.25, 0.3) is 0 Å². The van der Waals surface area contributed by atoms with Crippen molar-refractivity contribution in [3.63, 3.8) is 0 Å². The standard InChI is InChI=1S/C14H24BrN3O2S/c1-5-7-8-18(11(3)6-2)21(19,20)13-9-12(15)10-17-14(13)16-4/h9-11H,5-8H2,1-4H3,(H,16,17). The first-order chi connectivity index (χ1) is 9.88. The molecule has 1 aromatic heterocycles. The van der Waals surface area contributed by atoms with Gasteiger partial charge in [0.1, 0.15) is 10.7 Å². The largest absolute Gasteiger partial charge is 0.372 e. The minimum atomic E-state index is -3.57. The molecule has 1 aromatic rings. The summed E-state index contributed by atoms with van der Waals surface area (Å²) in [5.41, 5.74) is 0. The number of pyridine rings is 1. The van der Waals surface area contributed by atoms with Crippen molar-refractivity contribution in [1.82, 2.24) is 9.29 Å². The molecule has 5 nitrogen and oxygen atoms in total. The van der Waals surface area contributed by atoms with E-state index in [1.165, 1.54) is 0 Å². The smallest absolute Gasteiger partial charge is 0.247 e. The van der Waals surface area contributed by atoms with E-state index in [9.17, 15) is 8.42 Å². The van der Waals surface area contributed by atoms with Crippen LogP contribution >= 0.6 is 15.9 Å². The fourth-order valence-corrected chi connectivity index (χ4v) is 4.43. The Hall–Kier alpha value is -0.660. The van der Waals surface area contributed by atoms with Gasteiger partial charge in [0.2, 0.25) is 10.0 Å². The van der Waals surface area contributed by atoms with Gasteiger partial charge in [0.05, 0.1) is 0 Å². The van der Waals surface area contributed by atoms with Gasteiger partial charge in [-0.1, -0.05) is 20.3 Å². The Labute approximate surface area is 136 Å². The van der Waals surface area contributed by atoms with Crippen LogP contribution in [-0.4, -0.2) is 37.3 Å².